The van der Waals surface area contributed by atoms with Crippen molar-refractivity contribution in [3.63, 3.8) is 0 Å². The van der Waals surface area contributed by atoms with Crippen LogP contribution in [-0.4, -0.2) is 16.3 Å². The third-order valence-corrected chi connectivity index (χ3v) is 5.22. The molecule has 2 aromatic heterocycles. The number of rotatable bonds is 5. The van der Waals surface area contributed by atoms with Crippen molar-refractivity contribution in [2.75, 3.05) is 6.54 Å². The second-order valence-electron chi connectivity index (χ2n) is 4.41. The van der Waals surface area contributed by atoms with E-state index in [1.807, 2.05) is 22.9 Å². The van der Waals surface area contributed by atoms with Crippen molar-refractivity contribution in [1.82, 2.24) is 15.1 Å². The number of nitrogens with zero attached hydrogens (tertiary/aromatic N) is 2. The number of nitrogens with one attached hydrogen (secondary N) is 1. The highest BCUT2D eigenvalue weighted by atomic mass is 79.9. The molecule has 0 amide bonds. The second kappa shape index (κ2) is 5.99. The molecule has 1 N–H and O–H groups in total. The summed E-state index contributed by atoms with van der Waals surface area (Å²) in [7, 11) is 0. The Kier molecular flexibility index (Phi) is 4.59. The van der Waals surface area contributed by atoms with Crippen LogP contribution in [0, 0.1) is 20.8 Å². The highest BCUT2D eigenvalue weighted by Gasteiger charge is 2.07. The van der Waals surface area contributed by atoms with E-state index < -0.39 is 0 Å². The zero-order valence-electron chi connectivity index (χ0n) is 11.0. The number of aromatic nitrogens is 2. The molecule has 0 aliphatic carbocycles. The fourth-order valence-electron chi connectivity index (χ4n) is 1.86. The molecule has 2 heterocycles. The predicted molar refractivity (Wildman–Crippen MR) is 80.2 cm³/mol. The van der Waals surface area contributed by atoms with Crippen LogP contribution >= 0.6 is 27.3 Å². The van der Waals surface area contributed by atoms with E-state index in [-0.39, 0.29) is 0 Å². The molecule has 3 nitrogen and oxygen atoms in total. The lowest BCUT2D eigenvalue weighted by molar-refractivity contribution is 0.543. The van der Waals surface area contributed by atoms with Gasteiger partial charge in [0.1, 0.15) is 0 Å². The van der Waals surface area contributed by atoms with Crippen LogP contribution in [0.3, 0.4) is 0 Å². The molecule has 0 unspecified atom stereocenters. The molecule has 0 saturated carbocycles. The largest absolute Gasteiger partial charge is 0.310 e. The molecular weight excluding hydrogens is 310 g/mol. The fourth-order valence-corrected chi connectivity index (χ4v) is 3.02. The number of hydrogen-bond acceptors (Lipinski definition) is 3. The zero-order valence-corrected chi connectivity index (χ0v) is 13.4. The van der Waals surface area contributed by atoms with E-state index >= 15 is 0 Å². The lowest BCUT2D eigenvalue weighted by atomic mass is 10.3. The Morgan fingerprint density at radius 1 is 1.39 bits per heavy atom. The summed E-state index contributed by atoms with van der Waals surface area (Å²) >= 11 is 5.36. The molecule has 98 valence electrons. The zero-order chi connectivity index (χ0) is 13.1. The van der Waals surface area contributed by atoms with Gasteiger partial charge in [0.05, 0.1) is 16.7 Å². The Labute approximate surface area is 120 Å². The lowest BCUT2D eigenvalue weighted by Gasteiger charge is -2.06. The molecule has 0 atom stereocenters. The van der Waals surface area contributed by atoms with Gasteiger partial charge in [0.15, 0.2) is 0 Å². The van der Waals surface area contributed by atoms with Crippen molar-refractivity contribution < 1.29 is 0 Å². The molecule has 18 heavy (non-hydrogen) atoms. The summed E-state index contributed by atoms with van der Waals surface area (Å²) in [6, 6.07) is 2.17. The van der Waals surface area contributed by atoms with Gasteiger partial charge < -0.3 is 5.32 Å². The van der Waals surface area contributed by atoms with Gasteiger partial charge in [-0.15, -0.1) is 11.3 Å². The highest BCUT2D eigenvalue weighted by molar-refractivity contribution is 9.10. The minimum Gasteiger partial charge on any atom is -0.310 e. The van der Waals surface area contributed by atoms with Crippen LogP contribution in [0.25, 0.3) is 0 Å². The van der Waals surface area contributed by atoms with E-state index in [2.05, 4.69) is 51.6 Å². The maximum atomic E-state index is 4.49. The molecule has 0 aliphatic heterocycles. The van der Waals surface area contributed by atoms with Gasteiger partial charge in [-0.1, -0.05) is 0 Å². The molecule has 0 aromatic carbocycles. The third-order valence-electron chi connectivity index (χ3n) is 3.05. The molecule has 0 aliphatic rings. The van der Waals surface area contributed by atoms with Gasteiger partial charge >= 0.3 is 0 Å². The number of halogens is 1. The number of aryl methyl sites for hydroxylation is 2. The van der Waals surface area contributed by atoms with Crippen molar-refractivity contribution in [3.05, 3.63) is 37.7 Å². The van der Waals surface area contributed by atoms with Gasteiger partial charge in [0, 0.05) is 23.7 Å². The Morgan fingerprint density at radius 3 is 2.72 bits per heavy atom. The van der Waals surface area contributed by atoms with Gasteiger partial charge in [0.25, 0.3) is 0 Å². The summed E-state index contributed by atoms with van der Waals surface area (Å²) in [6.45, 7) is 9.06. The van der Waals surface area contributed by atoms with Crippen molar-refractivity contribution in [1.29, 1.82) is 0 Å². The number of hydrogen-bond donors (Lipinski definition) is 1. The minimum atomic E-state index is 0.905. The summed E-state index contributed by atoms with van der Waals surface area (Å²) in [5.41, 5.74) is 3.63. The average Bonchev–Trinajstić information content (AvgIpc) is 2.85. The fraction of sp³-hybridized carbons (Fsp3) is 0.462. The molecule has 5 heteroatoms. The molecule has 2 aromatic rings. The molecule has 0 bridgehead atoms. The van der Waals surface area contributed by atoms with E-state index in [0.717, 1.165) is 29.8 Å². The maximum Gasteiger partial charge on any atom is 0.0738 e. The quantitative estimate of drug-likeness (QED) is 0.853. The van der Waals surface area contributed by atoms with E-state index in [1.165, 1.54) is 16.1 Å². The van der Waals surface area contributed by atoms with E-state index in [4.69, 9.17) is 0 Å². The van der Waals surface area contributed by atoms with E-state index in [0.29, 0.717) is 0 Å². The molecule has 0 radical (unpaired) electrons. The monoisotopic (exact) mass is 327 g/mol. The van der Waals surface area contributed by atoms with Gasteiger partial charge in [-0.2, -0.15) is 5.10 Å². The van der Waals surface area contributed by atoms with Crippen LogP contribution in [0.5, 0.6) is 0 Å². The Balaban J connectivity index is 1.82. The Hall–Kier alpha value is -0.650. The SMILES string of the molecule is Cc1ccsc1CNCCn1nc(C)c(Br)c1C. The van der Waals surface area contributed by atoms with E-state index in [1.54, 1.807) is 0 Å². The van der Waals surface area contributed by atoms with E-state index in [9.17, 15) is 0 Å². The van der Waals surface area contributed by atoms with Gasteiger partial charge in [-0.3, -0.25) is 4.68 Å². The van der Waals surface area contributed by atoms with Crippen molar-refractivity contribution in [3.8, 4) is 0 Å². The Morgan fingerprint density at radius 2 is 2.17 bits per heavy atom. The lowest BCUT2D eigenvalue weighted by Crippen LogP contribution is -2.20. The predicted octanol–water partition coefficient (Wildman–Crippen LogP) is 3.42. The third kappa shape index (κ3) is 3.02. The minimum absolute atomic E-state index is 0.905. The summed E-state index contributed by atoms with van der Waals surface area (Å²) in [5, 5.41) is 10.1. The van der Waals surface area contributed by atoms with Gasteiger partial charge in [0.2, 0.25) is 0 Å². The summed E-state index contributed by atoms with van der Waals surface area (Å²) in [5.74, 6) is 0. The summed E-state index contributed by atoms with van der Waals surface area (Å²) in [6.07, 6.45) is 0. The summed E-state index contributed by atoms with van der Waals surface area (Å²) in [4.78, 5) is 1.42. The first kappa shape index (κ1) is 13.8. The van der Waals surface area contributed by atoms with Crippen LogP contribution in [0.4, 0.5) is 0 Å². The molecular formula is C13H18BrN3S. The van der Waals surface area contributed by atoms with Crippen LogP contribution in [0.1, 0.15) is 21.8 Å². The van der Waals surface area contributed by atoms with Gasteiger partial charge in [-0.05, 0) is 53.7 Å². The topological polar surface area (TPSA) is 29.9 Å². The second-order valence-corrected chi connectivity index (χ2v) is 6.21. The smallest absolute Gasteiger partial charge is 0.0738 e. The highest BCUT2D eigenvalue weighted by Crippen LogP contribution is 2.19. The number of thiophene rings is 1. The van der Waals surface area contributed by atoms with Crippen LogP contribution in [0.2, 0.25) is 0 Å². The van der Waals surface area contributed by atoms with Crippen LogP contribution < -0.4 is 5.32 Å². The first-order chi connectivity index (χ1) is 8.59. The maximum absolute atomic E-state index is 4.49. The van der Waals surface area contributed by atoms with Crippen LogP contribution in [0.15, 0.2) is 15.9 Å². The standard InChI is InChI=1S/C13H18BrN3S/c1-9-4-7-18-12(9)8-15-5-6-17-11(3)13(14)10(2)16-17/h4,7,15H,5-6,8H2,1-3H3. The van der Waals surface area contributed by atoms with Crippen molar-refractivity contribution in [2.45, 2.75) is 33.9 Å². The average molecular weight is 328 g/mol. The normalized spacial score (nSPS) is 11.1. The molecule has 0 fully saturated rings. The molecule has 0 saturated heterocycles. The summed E-state index contributed by atoms with van der Waals surface area (Å²) < 4.78 is 3.17. The van der Waals surface area contributed by atoms with Crippen molar-refractivity contribution in [2.24, 2.45) is 0 Å². The van der Waals surface area contributed by atoms with Gasteiger partial charge in [-0.25, -0.2) is 0 Å². The first-order valence-electron chi connectivity index (χ1n) is 6.02. The Bertz CT molecular complexity index is 530. The van der Waals surface area contributed by atoms with Crippen molar-refractivity contribution >= 4 is 27.3 Å². The molecule has 2 rings (SSSR count). The van der Waals surface area contributed by atoms with Crippen LogP contribution in [-0.2, 0) is 13.1 Å². The molecule has 0 spiro atoms. The first-order valence-corrected chi connectivity index (χ1v) is 7.70.